The van der Waals surface area contributed by atoms with Crippen LogP contribution in [-0.4, -0.2) is 0 Å². The predicted molar refractivity (Wildman–Crippen MR) is 196 cm³/mol. The third-order valence-corrected chi connectivity index (χ3v) is 9.45. The number of furan rings is 2. The number of fused-ring (bicyclic) bond motifs is 9. The summed E-state index contributed by atoms with van der Waals surface area (Å²) < 4.78 is 12.8. The van der Waals surface area contributed by atoms with Gasteiger partial charge in [0.05, 0.1) is 16.8 Å². The fraction of sp³-hybridized carbons (Fsp3) is 0. The summed E-state index contributed by atoms with van der Waals surface area (Å²) in [6, 6.07) is 57.8. The molecule has 0 aliphatic heterocycles. The highest BCUT2D eigenvalue weighted by Crippen LogP contribution is 2.46. The van der Waals surface area contributed by atoms with Gasteiger partial charge in [-0.2, -0.15) is 0 Å². The molecular weight excluding hydrogens is 574 g/mol. The second-order valence-corrected chi connectivity index (χ2v) is 12.1. The van der Waals surface area contributed by atoms with E-state index in [-0.39, 0.29) is 0 Å². The first kappa shape index (κ1) is 26.0. The second-order valence-electron chi connectivity index (χ2n) is 12.1. The predicted octanol–water partition coefficient (Wildman–Crippen LogP) is 12.9. The first-order valence-electron chi connectivity index (χ1n) is 15.9. The summed E-state index contributed by atoms with van der Waals surface area (Å²) >= 11 is 0. The van der Waals surface area contributed by atoms with Crippen molar-refractivity contribution in [3.63, 3.8) is 0 Å². The van der Waals surface area contributed by atoms with Gasteiger partial charge in [-0.1, -0.05) is 115 Å². The molecule has 220 valence electrons. The van der Waals surface area contributed by atoms with Crippen molar-refractivity contribution >= 4 is 82.5 Å². The van der Waals surface area contributed by atoms with Gasteiger partial charge >= 0.3 is 0 Å². The van der Waals surface area contributed by atoms with Gasteiger partial charge in [0, 0.05) is 32.6 Å². The minimum atomic E-state index is 0.870. The molecule has 0 spiro atoms. The maximum atomic E-state index is 6.63. The van der Waals surface area contributed by atoms with Crippen molar-refractivity contribution in [2.24, 2.45) is 0 Å². The zero-order chi connectivity index (χ0) is 30.9. The zero-order valence-corrected chi connectivity index (χ0v) is 25.4. The molecule has 2 heterocycles. The molecule has 0 fully saturated rings. The molecule has 0 aliphatic carbocycles. The van der Waals surface area contributed by atoms with Gasteiger partial charge in [0.15, 0.2) is 0 Å². The maximum Gasteiger partial charge on any atom is 0.143 e. The van der Waals surface area contributed by atoms with E-state index in [0.717, 1.165) is 77.5 Å². The van der Waals surface area contributed by atoms with Crippen LogP contribution < -0.4 is 4.90 Å². The highest BCUT2D eigenvalue weighted by atomic mass is 16.3. The van der Waals surface area contributed by atoms with Crippen LogP contribution in [0.25, 0.3) is 76.5 Å². The van der Waals surface area contributed by atoms with Gasteiger partial charge in [-0.05, 0) is 70.4 Å². The van der Waals surface area contributed by atoms with Crippen LogP contribution >= 0.6 is 0 Å². The third kappa shape index (κ3) is 3.93. The average Bonchev–Trinajstić information content (AvgIpc) is 3.72. The van der Waals surface area contributed by atoms with Gasteiger partial charge in [0.1, 0.15) is 22.3 Å². The Labute approximate surface area is 270 Å². The Morgan fingerprint density at radius 3 is 1.83 bits per heavy atom. The van der Waals surface area contributed by atoms with Crippen molar-refractivity contribution in [3.05, 3.63) is 164 Å². The Bertz CT molecular complexity index is 2800. The van der Waals surface area contributed by atoms with Crippen LogP contribution in [0.1, 0.15) is 0 Å². The van der Waals surface area contributed by atoms with E-state index in [4.69, 9.17) is 8.83 Å². The number of hydrogen-bond donors (Lipinski definition) is 0. The molecule has 0 aliphatic rings. The Kier molecular flexibility index (Phi) is 5.57. The van der Waals surface area contributed by atoms with Crippen LogP contribution in [-0.2, 0) is 0 Å². The van der Waals surface area contributed by atoms with Crippen LogP contribution in [0.5, 0.6) is 0 Å². The summed E-state index contributed by atoms with van der Waals surface area (Å²) in [4.78, 5) is 2.38. The summed E-state index contributed by atoms with van der Waals surface area (Å²) in [6.45, 7) is 0. The van der Waals surface area contributed by atoms with Crippen LogP contribution in [0, 0.1) is 0 Å². The van der Waals surface area contributed by atoms with Crippen molar-refractivity contribution in [3.8, 4) is 11.1 Å². The number of rotatable bonds is 4. The average molecular weight is 602 g/mol. The van der Waals surface area contributed by atoms with E-state index >= 15 is 0 Å². The first-order chi connectivity index (χ1) is 23.3. The van der Waals surface area contributed by atoms with Gasteiger partial charge in [-0.3, -0.25) is 0 Å². The summed E-state index contributed by atoms with van der Waals surface area (Å²) in [5.74, 6) is 0. The lowest BCUT2D eigenvalue weighted by Crippen LogP contribution is -2.10. The Morgan fingerprint density at radius 1 is 0.362 bits per heavy atom. The van der Waals surface area contributed by atoms with E-state index in [1.54, 1.807) is 0 Å². The fourth-order valence-electron chi connectivity index (χ4n) is 7.34. The molecular formula is C44H27NO2. The molecule has 47 heavy (non-hydrogen) atoms. The number of anilines is 3. The van der Waals surface area contributed by atoms with Gasteiger partial charge < -0.3 is 13.7 Å². The lowest BCUT2D eigenvalue weighted by Gasteiger charge is -2.27. The molecule has 0 saturated carbocycles. The molecule has 0 saturated heterocycles. The summed E-state index contributed by atoms with van der Waals surface area (Å²) in [5, 5.41) is 9.14. The normalized spacial score (nSPS) is 11.8. The Hall–Kier alpha value is -6.32. The van der Waals surface area contributed by atoms with E-state index < -0.39 is 0 Å². The quantitative estimate of drug-likeness (QED) is 0.201. The summed E-state index contributed by atoms with van der Waals surface area (Å²) in [6.07, 6.45) is 0. The zero-order valence-electron chi connectivity index (χ0n) is 25.4. The van der Waals surface area contributed by atoms with E-state index in [1.807, 2.05) is 12.1 Å². The smallest absolute Gasteiger partial charge is 0.143 e. The van der Waals surface area contributed by atoms with Crippen molar-refractivity contribution in [1.29, 1.82) is 0 Å². The van der Waals surface area contributed by atoms with Gasteiger partial charge in [0.25, 0.3) is 0 Å². The monoisotopic (exact) mass is 601 g/mol. The molecule has 0 atom stereocenters. The lowest BCUT2D eigenvalue weighted by atomic mass is 9.98. The highest BCUT2D eigenvalue weighted by Gasteiger charge is 2.22. The molecule has 3 nitrogen and oxygen atoms in total. The van der Waals surface area contributed by atoms with Crippen molar-refractivity contribution < 1.29 is 8.83 Å². The SMILES string of the molecule is c1ccc2c(N(c3ccc(-c4cccc5oc6ccccc6c45)cc3)c3cccc4oc5c6ccccc6ccc5c34)cccc2c1. The van der Waals surface area contributed by atoms with E-state index in [9.17, 15) is 0 Å². The maximum absolute atomic E-state index is 6.63. The van der Waals surface area contributed by atoms with Crippen molar-refractivity contribution in [2.75, 3.05) is 4.90 Å². The molecule has 0 radical (unpaired) electrons. The summed E-state index contributed by atoms with van der Waals surface area (Å²) in [7, 11) is 0. The topological polar surface area (TPSA) is 29.5 Å². The summed E-state index contributed by atoms with van der Waals surface area (Å²) in [5.41, 5.74) is 9.14. The van der Waals surface area contributed by atoms with Crippen molar-refractivity contribution in [2.45, 2.75) is 0 Å². The molecule has 2 aromatic heterocycles. The number of para-hydroxylation sites is 1. The van der Waals surface area contributed by atoms with Crippen molar-refractivity contribution in [1.82, 2.24) is 0 Å². The van der Waals surface area contributed by atoms with Gasteiger partial charge in [-0.15, -0.1) is 0 Å². The largest absolute Gasteiger partial charge is 0.456 e. The molecule has 0 bridgehead atoms. The number of hydrogen-bond acceptors (Lipinski definition) is 3. The first-order valence-corrected chi connectivity index (χ1v) is 15.9. The molecule has 8 aromatic carbocycles. The Balaban J connectivity index is 1.22. The third-order valence-electron chi connectivity index (χ3n) is 9.45. The number of nitrogens with zero attached hydrogens (tertiary/aromatic N) is 1. The highest BCUT2D eigenvalue weighted by molar-refractivity contribution is 6.20. The standard InChI is InChI=1S/C44H27NO2/c1-3-13-32-28(10-1)12-7-17-37(32)45(38-18-9-21-41-43(38)36-27-24-29-11-2-4-14-34(29)44(36)47-41)31-25-22-30(23-26-31)33-16-8-20-40-42(33)35-15-5-6-19-39(35)46-40/h1-27H. The van der Waals surface area contributed by atoms with Crippen LogP contribution in [0.4, 0.5) is 17.1 Å². The van der Waals surface area contributed by atoms with Crippen LogP contribution in [0.3, 0.4) is 0 Å². The lowest BCUT2D eigenvalue weighted by molar-refractivity contribution is 0.669. The molecule has 0 unspecified atom stereocenters. The molecule has 3 heteroatoms. The molecule has 0 amide bonds. The minimum Gasteiger partial charge on any atom is -0.456 e. The van der Waals surface area contributed by atoms with E-state index in [2.05, 4.69) is 157 Å². The Morgan fingerprint density at radius 2 is 0.979 bits per heavy atom. The molecule has 10 aromatic rings. The van der Waals surface area contributed by atoms with Crippen LogP contribution in [0.2, 0.25) is 0 Å². The van der Waals surface area contributed by atoms with Gasteiger partial charge in [0.2, 0.25) is 0 Å². The second kappa shape index (κ2) is 10.1. The minimum absolute atomic E-state index is 0.870. The molecule has 0 N–H and O–H groups in total. The van der Waals surface area contributed by atoms with E-state index in [1.165, 1.54) is 16.2 Å². The van der Waals surface area contributed by atoms with Crippen LogP contribution in [0.15, 0.2) is 173 Å². The van der Waals surface area contributed by atoms with Gasteiger partial charge in [-0.25, -0.2) is 0 Å². The number of benzene rings is 8. The molecule has 10 rings (SSSR count). The fourth-order valence-corrected chi connectivity index (χ4v) is 7.34. The van der Waals surface area contributed by atoms with E-state index in [0.29, 0.717) is 0 Å².